The Morgan fingerprint density at radius 3 is 1.89 bits per heavy atom. The van der Waals surface area contributed by atoms with Crippen molar-refractivity contribution in [1.29, 1.82) is 0 Å². The third kappa shape index (κ3) is 7.85. The second kappa shape index (κ2) is 13.9. The van der Waals surface area contributed by atoms with Crippen LogP contribution in [0.25, 0.3) is 0 Å². The van der Waals surface area contributed by atoms with Crippen LogP contribution in [-0.2, 0) is 43.5 Å². The molecule has 0 amide bonds. The molecule has 0 unspecified atom stereocenters. The zero-order chi connectivity index (χ0) is 24.1. The molecule has 35 heavy (non-hydrogen) atoms. The Morgan fingerprint density at radius 1 is 0.771 bits per heavy atom. The molecule has 5 heteroatoms. The van der Waals surface area contributed by atoms with Crippen LogP contribution < -0.4 is 0 Å². The summed E-state index contributed by atoms with van der Waals surface area (Å²) in [6, 6.07) is 30.4. The van der Waals surface area contributed by atoms with E-state index in [0.717, 1.165) is 16.7 Å². The van der Waals surface area contributed by atoms with Crippen LogP contribution in [-0.4, -0.2) is 44.2 Å². The Bertz CT molecular complexity index is 979. The van der Waals surface area contributed by atoms with Gasteiger partial charge in [-0.15, -0.1) is 6.58 Å². The summed E-state index contributed by atoms with van der Waals surface area (Å²) in [4.78, 5) is 0. The van der Waals surface area contributed by atoms with E-state index >= 15 is 0 Å². The van der Waals surface area contributed by atoms with E-state index < -0.39 is 0 Å². The summed E-state index contributed by atoms with van der Waals surface area (Å²) >= 11 is 0. The van der Waals surface area contributed by atoms with Gasteiger partial charge in [-0.05, 0) is 16.7 Å². The quantitative estimate of drug-likeness (QED) is 0.233. The molecule has 0 spiro atoms. The normalized spacial score (nSPS) is 20.5. The van der Waals surface area contributed by atoms with Gasteiger partial charge in [0.25, 0.3) is 0 Å². The van der Waals surface area contributed by atoms with Crippen LogP contribution >= 0.6 is 0 Å². The maximum absolute atomic E-state index is 6.44. The summed E-state index contributed by atoms with van der Waals surface area (Å²) in [5, 5.41) is 0. The maximum Gasteiger partial charge on any atom is 0.115 e. The van der Waals surface area contributed by atoms with Crippen molar-refractivity contribution in [2.45, 2.75) is 44.2 Å². The van der Waals surface area contributed by atoms with Crippen LogP contribution in [0.5, 0.6) is 0 Å². The maximum atomic E-state index is 6.44. The van der Waals surface area contributed by atoms with Crippen molar-refractivity contribution in [3.05, 3.63) is 120 Å². The van der Waals surface area contributed by atoms with Crippen LogP contribution in [0.1, 0.15) is 16.7 Å². The summed E-state index contributed by atoms with van der Waals surface area (Å²) in [5.74, 6) is 0. The van der Waals surface area contributed by atoms with Gasteiger partial charge >= 0.3 is 0 Å². The van der Waals surface area contributed by atoms with Crippen molar-refractivity contribution in [1.82, 2.24) is 0 Å². The fourth-order valence-electron chi connectivity index (χ4n) is 4.10. The zero-order valence-corrected chi connectivity index (χ0v) is 20.0. The van der Waals surface area contributed by atoms with E-state index in [4.69, 9.17) is 23.7 Å². The minimum Gasteiger partial charge on any atom is -0.375 e. The second-order valence-electron chi connectivity index (χ2n) is 8.56. The summed E-state index contributed by atoms with van der Waals surface area (Å²) in [6.07, 6.45) is 0.575. The number of ether oxygens (including phenoxy) is 5. The highest BCUT2D eigenvalue weighted by molar-refractivity contribution is 5.15. The number of benzene rings is 3. The summed E-state index contributed by atoms with van der Waals surface area (Å²) in [6.45, 7) is 6.43. The minimum absolute atomic E-state index is 0.217. The van der Waals surface area contributed by atoms with Gasteiger partial charge in [-0.2, -0.15) is 0 Å². The Balaban J connectivity index is 1.47. The van der Waals surface area contributed by atoms with E-state index in [1.54, 1.807) is 6.08 Å². The molecule has 4 rings (SSSR count). The highest BCUT2D eigenvalue weighted by atomic mass is 16.6. The lowest BCUT2D eigenvalue weighted by Gasteiger charge is -2.29. The fourth-order valence-corrected chi connectivity index (χ4v) is 4.10. The molecule has 0 aliphatic carbocycles. The van der Waals surface area contributed by atoms with Crippen molar-refractivity contribution in [3.63, 3.8) is 0 Å². The summed E-state index contributed by atoms with van der Waals surface area (Å²) < 4.78 is 31.1. The van der Waals surface area contributed by atoms with E-state index in [2.05, 4.69) is 30.8 Å². The first-order valence-corrected chi connectivity index (χ1v) is 12.1. The average molecular weight is 475 g/mol. The molecule has 0 saturated carbocycles. The third-order valence-electron chi connectivity index (χ3n) is 5.93. The molecule has 4 atom stereocenters. The van der Waals surface area contributed by atoms with Crippen LogP contribution in [0, 0.1) is 0 Å². The van der Waals surface area contributed by atoms with E-state index in [0.29, 0.717) is 39.6 Å². The first-order chi connectivity index (χ1) is 17.3. The second-order valence-corrected chi connectivity index (χ2v) is 8.56. The van der Waals surface area contributed by atoms with Crippen molar-refractivity contribution >= 4 is 0 Å². The van der Waals surface area contributed by atoms with Gasteiger partial charge in [0.15, 0.2) is 0 Å². The largest absolute Gasteiger partial charge is 0.375 e. The monoisotopic (exact) mass is 474 g/mol. The molecule has 1 aliphatic rings. The standard InChI is InChI=1S/C30H34O5/c1-2-18-31-22-27(32-19-24-12-6-3-7-13-24)29-30(34-21-26-16-10-5-11-17-26)28(23-35-29)33-20-25-14-8-4-9-15-25/h2-17,27-30H,1,18-23H2/t27-,28+,29-,30-/m1/s1. The number of hydrogen-bond donors (Lipinski definition) is 0. The Labute approximate surface area is 208 Å². The molecule has 184 valence electrons. The van der Waals surface area contributed by atoms with Crippen LogP contribution in [0.3, 0.4) is 0 Å². The van der Waals surface area contributed by atoms with Gasteiger partial charge in [-0.25, -0.2) is 0 Å². The predicted molar refractivity (Wildman–Crippen MR) is 136 cm³/mol. The molecule has 5 nitrogen and oxygen atoms in total. The molecular formula is C30H34O5. The van der Waals surface area contributed by atoms with Crippen molar-refractivity contribution in [2.75, 3.05) is 19.8 Å². The van der Waals surface area contributed by atoms with Gasteiger partial charge in [-0.1, -0.05) is 97.1 Å². The number of hydrogen-bond acceptors (Lipinski definition) is 5. The molecule has 0 radical (unpaired) electrons. The minimum atomic E-state index is -0.326. The third-order valence-corrected chi connectivity index (χ3v) is 5.93. The van der Waals surface area contributed by atoms with E-state index in [9.17, 15) is 0 Å². The average Bonchev–Trinajstić information content (AvgIpc) is 3.32. The Hall–Kier alpha value is -2.80. The Morgan fingerprint density at radius 2 is 1.31 bits per heavy atom. The lowest BCUT2D eigenvalue weighted by atomic mass is 10.1. The molecule has 0 N–H and O–H groups in total. The first-order valence-electron chi connectivity index (χ1n) is 12.1. The van der Waals surface area contributed by atoms with Gasteiger partial charge < -0.3 is 23.7 Å². The van der Waals surface area contributed by atoms with Gasteiger partial charge in [0.1, 0.15) is 24.4 Å². The molecule has 1 heterocycles. The van der Waals surface area contributed by atoms with Crippen molar-refractivity contribution in [2.24, 2.45) is 0 Å². The lowest BCUT2D eigenvalue weighted by molar-refractivity contribution is -0.135. The van der Waals surface area contributed by atoms with Crippen LogP contribution in [0.2, 0.25) is 0 Å². The lowest BCUT2D eigenvalue weighted by Crippen LogP contribution is -2.44. The molecule has 0 bridgehead atoms. The van der Waals surface area contributed by atoms with Crippen molar-refractivity contribution < 1.29 is 23.7 Å². The van der Waals surface area contributed by atoms with Crippen LogP contribution in [0.4, 0.5) is 0 Å². The molecule has 1 saturated heterocycles. The first kappa shape index (κ1) is 25.3. The van der Waals surface area contributed by atoms with Gasteiger partial charge in [-0.3, -0.25) is 0 Å². The summed E-state index contributed by atoms with van der Waals surface area (Å²) in [5.41, 5.74) is 3.31. The van der Waals surface area contributed by atoms with E-state index in [1.165, 1.54) is 0 Å². The molecule has 1 aliphatic heterocycles. The Kier molecular flexibility index (Phi) is 10.1. The SMILES string of the molecule is C=CCOC[C@@H](OCc1ccccc1)[C@H]1OC[C@H](OCc2ccccc2)[C@H]1OCc1ccccc1. The topological polar surface area (TPSA) is 46.2 Å². The zero-order valence-electron chi connectivity index (χ0n) is 20.0. The van der Waals surface area contributed by atoms with Gasteiger partial charge in [0, 0.05) is 0 Å². The molecule has 1 fully saturated rings. The van der Waals surface area contributed by atoms with Gasteiger partial charge in [0.05, 0.1) is 39.6 Å². The number of rotatable bonds is 14. The molecule has 3 aromatic rings. The highest BCUT2D eigenvalue weighted by Crippen LogP contribution is 2.27. The van der Waals surface area contributed by atoms with E-state index in [1.807, 2.05) is 66.7 Å². The molecule has 0 aromatic heterocycles. The van der Waals surface area contributed by atoms with E-state index in [-0.39, 0.29) is 24.4 Å². The van der Waals surface area contributed by atoms with Crippen LogP contribution in [0.15, 0.2) is 104 Å². The fraction of sp³-hybridized carbons (Fsp3) is 0.333. The smallest absolute Gasteiger partial charge is 0.115 e. The van der Waals surface area contributed by atoms with Gasteiger partial charge in [0.2, 0.25) is 0 Å². The molecular weight excluding hydrogens is 440 g/mol. The summed E-state index contributed by atoms with van der Waals surface area (Å²) in [7, 11) is 0. The van der Waals surface area contributed by atoms with Crippen molar-refractivity contribution in [3.8, 4) is 0 Å². The molecule has 3 aromatic carbocycles. The highest BCUT2D eigenvalue weighted by Gasteiger charge is 2.44. The predicted octanol–water partition coefficient (Wildman–Crippen LogP) is 5.34.